The predicted octanol–water partition coefficient (Wildman–Crippen LogP) is 0.885. The molecule has 0 aromatic heterocycles. The Morgan fingerprint density at radius 3 is 2.50 bits per heavy atom. The summed E-state index contributed by atoms with van der Waals surface area (Å²) in [6.45, 7) is 2.79. The van der Waals surface area contributed by atoms with Crippen molar-refractivity contribution < 1.29 is 23.1 Å². The number of nitrogens with two attached hydrogens (primary N) is 1. The molecule has 106 valence electrons. The lowest BCUT2D eigenvalue weighted by Crippen LogP contribution is -2.51. The molecular formula is C11H19F3N2O2. The molecule has 1 rings (SSSR count). The summed E-state index contributed by atoms with van der Waals surface area (Å²) in [7, 11) is 0. The molecule has 0 spiro atoms. The topological polar surface area (TPSA) is 66.6 Å². The number of carbonyl (C=O) groups is 1. The van der Waals surface area contributed by atoms with Crippen LogP contribution in [0.25, 0.3) is 0 Å². The van der Waals surface area contributed by atoms with Crippen LogP contribution in [0.4, 0.5) is 13.2 Å². The van der Waals surface area contributed by atoms with E-state index in [-0.39, 0.29) is 12.5 Å². The second-order valence-electron chi connectivity index (χ2n) is 4.95. The van der Waals surface area contributed by atoms with E-state index in [9.17, 15) is 23.1 Å². The third-order valence-corrected chi connectivity index (χ3v) is 3.63. The first-order chi connectivity index (χ1) is 8.12. The van der Waals surface area contributed by atoms with Crippen molar-refractivity contribution in [1.82, 2.24) is 4.90 Å². The largest absolute Gasteiger partial charge is 0.419 e. The summed E-state index contributed by atoms with van der Waals surface area (Å²) >= 11 is 0. The van der Waals surface area contributed by atoms with Crippen molar-refractivity contribution in [3.05, 3.63) is 0 Å². The van der Waals surface area contributed by atoms with Crippen LogP contribution in [-0.2, 0) is 4.79 Å². The van der Waals surface area contributed by atoms with Gasteiger partial charge >= 0.3 is 6.18 Å². The van der Waals surface area contributed by atoms with Crippen LogP contribution in [0, 0.1) is 5.92 Å². The van der Waals surface area contributed by atoms with Gasteiger partial charge in [-0.15, -0.1) is 0 Å². The van der Waals surface area contributed by atoms with Crippen molar-refractivity contribution in [2.45, 2.75) is 44.5 Å². The first kappa shape index (κ1) is 15.2. The van der Waals surface area contributed by atoms with Gasteiger partial charge in [-0.3, -0.25) is 4.79 Å². The van der Waals surface area contributed by atoms with Gasteiger partial charge in [-0.1, -0.05) is 20.3 Å². The summed E-state index contributed by atoms with van der Waals surface area (Å²) in [6.07, 6.45) is -4.54. The van der Waals surface area contributed by atoms with Gasteiger partial charge in [0.15, 0.2) is 5.60 Å². The summed E-state index contributed by atoms with van der Waals surface area (Å²) < 4.78 is 37.8. The van der Waals surface area contributed by atoms with E-state index in [0.717, 1.165) is 4.90 Å². The van der Waals surface area contributed by atoms with Gasteiger partial charge in [-0.2, -0.15) is 13.2 Å². The number of β-amino-alcohol motifs (C(OH)–C–C–N with tert-alkyl or cyclic N) is 1. The van der Waals surface area contributed by atoms with Gasteiger partial charge in [-0.25, -0.2) is 0 Å². The molecular weight excluding hydrogens is 249 g/mol. The van der Waals surface area contributed by atoms with Crippen molar-refractivity contribution in [2.75, 3.05) is 13.1 Å². The highest BCUT2D eigenvalue weighted by Crippen LogP contribution is 2.37. The Labute approximate surface area is 104 Å². The standard InChI is InChI=1S/C11H19F3N2O2/c1-3-7(2)8(15)9(17)16-5-4-10(18,6-16)11(12,13)14/h7-8,18H,3-6,15H2,1-2H3. The molecule has 1 heterocycles. The molecule has 3 unspecified atom stereocenters. The molecule has 1 aliphatic heterocycles. The Balaban J connectivity index is 2.70. The number of alkyl halides is 3. The molecule has 0 aromatic rings. The number of rotatable bonds is 3. The minimum atomic E-state index is -4.72. The molecule has 3 atom stereocenters. The fraction of sp³-hybridized carbons (Fsp3) is 0.909. The smallest absolute Gasteiger partial charge is 0.379 e. The average molecular weight is 268 g/mol. The number of amides is 1. The number of halogens is 3. The van der Waals surface area contributed by atoms with Gasteiger partial charge < -0.3 is 15.7 Å². The van der Waals surface area contributed by atoms with Crippen LogP contribution in [-0.4, -0.2) is 46.8 Å². The SMILES string of the molecule is CCC(C)C(N)C(=O)N1CCC(O)(C(F)(F)F)C1. The van der Waals surface area contributed by atoms with Crippen molar-refractivity contribution in [3.8, 4) is 0 Å². The molecule has 1 amide bonds. The normalized spacial score (nSPS) is 28.3. The first-order valence-corrected chi connectivity index (χ1v) is 5.96. The highest BCUT2D eigenvalue weighted by atomic mass is 19.4. The molecule has 0 aromatic carbocycles. The van der Waals surface area contributed by atoms with Crippen molar-refractivity contribution >= 4 is 5.91 Å². The van der Waals surface area contributed by atoms with Crippen LogP contribution in [0.1, 0.15) is 26.7 Å². The van der Waals surface area contributed by atoms with Crippen molar-refractivity contribution in [1.29, 1.82) is 0 Å². The van der Waals surface area contributed by atoms with Gasteiger partial charge in [0, 0.05) is 13.0 Å². The Kier molecular flexibility index (Phi) is 4.27. The maximum Gasteiger partial charge on any atom is 0.419 e. The zero-order chi connectivity index (χ0) is 14.1. The zero-order valence-electron chi connectivity index (χ0n) is 10.5. The molecule has 4 nitrogen and oxygen atoms in total. The number of hydrogen-bond donors (Lipinski definition) is 2. The number of aliphatic hydroxyl groups is 1. The number of likely N-dealkylation sites (tertiary alicyclic amines) is 1. The molecule has 1 saturated heterocycles. The Bertz CT molecular complexity index is 322. The molecule has 3 N–H and O–H groups in total. The van der Waals surface area contributed by atoms with Gasteiger partial charge in [0.25, 0.3) is 0 Å². The summed E-state index contributed by atoms with van der Waals surface area (Å²) in [5.74, 6) is -0.624. The highest BCUT2D eigenvalue weighted by molar-refractivity contribution is 5.82. The Hall–Kier alpha value is -0.820. The third kappa shape index (κ3) is 2.77. The second-order valence-corrected chi connectivity index (χ2v) is 4.95. The maximum atomic E-state index is 12.6. The van der Waals surface area contributed by atoms with Gasteiger partial charge in [0.05, 0.1) is 12.6 Å². The van der Waals surface area contributed by atoms with E-state index in [0.29, 0.717) is 6.42 Å². The van der Waals surface area contributed by atoms with Gasteiger partial charge in [-0.05, 0) is 5.92 Å². The molecule has 0 saturated carbocycles. The zero-order valence-corrected chi connectivity index (χ0v) is 10.5. The Morgan fingerprint density at radius 2 is 2.11 bits per heavy atom. The van der Waals surface area contributed by atoms with Crippen molar-refractivity contribution in [2.24, 2.45) is 11.7 Å². The Morgan fingerprint density at radius 1 is 1.56 bits per heavy atom. The van der Waals surface area contributed by atoms with E-state index in [4.69, 9.17) is 5.73 Å². The fourth-order valence-electron chi connectivity index (χ4n) is 1.92. The van der Waals surface area contributed by atoms with Crippen LogP contribution < -0.4 is 5.73 Å². The minimum Gasteiger partial charge on any atom is -0.379 e. The summed E-state index contributed by atoms with van der Waals surface area (Å²) in [6, 6.07) is -0.814. The maximum absolute atomic E-state index is 12.6. The van der Waals surface area contributed by atoms with E-state index in [2.05, 4.69) is 0 Å². The molecule has 1 aliphatic rings. The lowest BCUT2D eigenvalue weighted by molar-refractivity contribution is -0.253. The number of nitrogens with zero attached hydrogens (tertiary/aromatic N) is 1. The lowest BCUT2D eigenvalue weighted by atomic mass is 9.99. The van der Waals surface area contributed by atoms with E-state index in [1.165, 1.54) is 0 Å². The first-order valence-electron chi connectivity index (χ1n) is 5.96. The molecule has 1 fully saturated rings. The molecule has 0 bridgehead atoms. The highest BCUT2D eigenvalue weighted by Gasteiger charge is 2.58. The van der Waals surface area contributed by atoms with E-state index >= 15 is 0 Å². The summed E-state index contributed by atoms with van der Waals surface area (Å²) in [5.41, 5.74) is 2.90. The quantitative estimate of drug-likeness (QED) is 0.798. The average Bonchev–Trinajstić information content (AvgIpc) is 2.69. The number of hydrogen-bond acceptors (Lipinski definition) is 3. The molecule has 0 radical (unpaired) electrons. The van der Waals surface area contributed by atoms with Crippen LogP contribution >= 0.6 is 0 Å². The van der Waals surface area contributed by atoms with E-state index in [1.54, 1.807) is 6.92 Å². The predicted molar refractivity (Wildman–Crippen MR) is 59.6 cm³/mol. The second kappa shape index (κ2) is 5.05. The van der Waals surface area contributed by atoms with Crippen LogP contribution in [0.2, 0.25) is 0 Å². The van der Waals surface area contributed by atoms with Crippen LogP contribution in [0.3, 0.4) is 0 Å². The summed E-state index contributed by atoms with van der Waals surface area (Å²) in [4.78, 5) is 12.9. The summed E-state index contributed by atoms with van der Waals surface area (Å²) in [5, 5.41) is 9.46. The fourth-order valence-corrected chi connectivity index (χ4v) is 1.92. The van der Waals surface area contributed by atoms with Crippen molar-refractivity contribution in [3.63, 3.8) is 0 Å². The van der Waals surface area contributed by atoms with Crippen LogP contribution in [0.5, 0.6) is 0 Å². The van der Waals surface area contributed by atoms with Gasteiger partial charge in [0.2, 0.25) is 5.91 Å². The molecule has 0 aliphatic carbocycles. The molecule has 7 heteroatoms. The lowest BCUT2D eigenvalue weighted by Gasteiger charge is -2.28. The minimum absolute atomic E-state index is 0.0999. The third-order valence-electron chi connectivity index (χ3n) is 3.63. The van der Waals surface area contributed by atoms with E-state index in [1.807, 2.05) is 6.92 Å². The van der Waals surface area contributed by atoms with Gasteiger partial charge in [0.1, 0.15) is 0 Å². The molecule has 18 heavy (non-hydrogen) atoms. The monoisotopic (exact) mass is 268 g/mol. The number of carbonyl (C=O) groups excluding carboxylic acids is 1. The van der Waals surface area contributed by atoms with E-state index < -0.39 is 36.7 Å². The van der Waals surface area contributed by atoms with Crippen LogP contribution in [0.15, 0.2) is 0 Å².